The van der Waals surface area contributed by atoms with Crippen LogP contribution in [0.5, 0.6) is 0 Å². The van der Waals surface area contributed by atoms with Crippen molar-refractivity contribution < 1.29 is 14.3 Å². The molecular weight excluding hydrogens is 436 g/mol. The van der Waals surface area contributed by atoms with E-state index >= 15 is 0 Å². The van der Waals surface area contributed by atoms with Gasteiger partial charge in [0.15, 0.2) is 0 Å². The number of nitrogens with one attached hydrogen (secondary N) is 1. The van der Waals surface area contributed by atoms with Gasteiger partial charge in [0.05, 0.1) is 29.4 Å². The first-order valence-electron chi connectivity index (χ1n) is 10.0. The second kappa shape index (κ2) is 8.99. The van der Waals surface area contributed by atoms with Crippen molar-refractivity contribution in [2.45, 2.75) is 45.6 Å². The van der Waals surface area contributed by atoms with Crippen LogP contribution in [0.15, 0.2) is 16.5 Å². The predicted octanol–water partition coefficient (Wildman–Crippen LogP) is 3.48. The number of anilines is 1. The molecule has 0 aromatic carbocycles. The van der Waals surface area contributed by atoms with E-state index in [1.807, 2.05) is 6.92 Å². The summed E-state index contributed by atoms with van der Waals surface area (Å²) in [7, 11) is 0. The van der Waals surface area contributed by atoms with E-state index in [-0.39, 0.29) is 24.1 Å². The third kappa shape index (κ3) is 4.11. The van der Waals surface area contributed by atoms with Crippen molar-refractivity contribution in [2.24, 2.45) is 0 Å². The van der Waals surface area contributed by atoms with Crippen LogP contribution in [0.1, 0.15) is 52.5 Å². The minimum atomic E-state index is -0.562. The first-order valence-corrected chi connectivity index (χ1v) is 11.7. The lowest BCUT2D eigenvalue weighted by Gasteiger charge is -2.07. The fraction of sp³-hybridized carbons (Fsp3) is 0.381. The van der Waals surface area contributed by atoms with Gasteiger partial charge in [-0.05, 0) is 31.2 Å². The molecule has 3 aromatic heterocycles. The van der Waals surface area contributed by atoms with Crippen LogP contribution in [0.3, 0.4) is 0 Å². The van der Waals surface area contributed by atoms with Crippen LogP contribution in [-0.4, -0.2) is 28.0 Å². The molecule has 3 aromatic rings. The Hall–Kier alpha value is -3.03. The van der Waals surface area contributed by atoms with Gasteiger partial charge in [0.2, 0.25) is 5.91 Å². The number of hydrogen-bond acceptors (Lipinski definition) is 8. The van der Waals surface area contributed by atoms with Crippen molar-refractivity contribution in [3.8, 4) is 6.07 Å². The first-order chi connectivity index (χ1) is 15.0. The van der Waals surface area contributed by atoms with Gasteiger partial charge in [0, 0.05) is 10.3 Å². The Morgan fingerprint density at radius 3 is 3.00 bits per heavy atom. The maximum Gasteiger partial charge on any atom is 0.339 e. The number of rotatable bonds is 7. The standard InChI is InChI=1S/C21H20N4O4S2/c1-2-3-7-29-21(28)14-10-30-19-17(14)20(27)25(11-23-19)9-16(26)24-18-13(8-22)12-5-4-6-15(12)31-18/h10-11H,2-7,9H2,1H3,(H,24,26). The minimum Gasteiger partial charge on any atom is -0.462 e. The number of esters is 1. The third-order valence-corrected chi connectivity index (χ3v) is 7.21. The maximum absolute atomic E-state index is 13.0. The number of hydrogen-bond donors (Lipinski definition) is 1. The van der Waals surface area contributed by atoms with E-state index in [2.05, 4.69) is 16.4 Å². The Morgan fingerprint density at radius 2 is 2.23 bits per heavy atom. The highest BCUT2D eigenvalue weighted by Gasteiger charge is 2.24. The molecule has 1 N–H and O–H groups in total. The van der Waals surface area contributed by atoms with Gasteiger partial charge in [-0.2, -0.15) is 5.26 Å². The molecule has 0 aliphatic heterocycles. The van der Waals surface area contributed by atoms with Crippen molar-refractivity contribution in [1.29, 1.82) is 5.26 Å². The molecule has 0 bridgehead atoms. The van der Waals surface area contributed by atoms with E-state index < -0.39 is 17.4 Å². The number of fused-ring (bicyclic) bond motifs is 2. The van der Waals surface area contributed by atoms with E-state index in [1.165, 1.54) is 33.6 Å². The quantitative estimate of drug-likeness (QED) is 0.430. The monoisotopic (exact) mass is 456 g/mol. The number of carbonyl (C=O) groups excluding carboxylic acids is 2. The summed E-state index contributed by atoms with van der Waals surface area (Å²) >= 11 is 2.60. The topological polar surface area (TPSA) is 114 Å². The summed E-state index contributed by atoms with van der Waals surface area (Å²) in [6.07, 6.45) is 5.72. The highest BCUT2D eigenvalue weighted by atomic mass is 32.1. The molecule has 10 heteroatoms. The smallest absolute Gasteiger partial charge is 0.339 e. The summed E-state index contributed by atoms with van der Waals surface area (Å²) in [5.74, 6) is -0.991. The van der Waals surface area contributed by atoms with Crippen LogP contribution in [0.25, 0.3) is 10.2 Å². The number of aromatic nitrogens is 2. The Bertz CT molecular complexity index is 1260. The summed E-state index contributed by atoms with van der Waals surface area (Å²) < 4.78 is 6.40. The van der Waals surface area contributed by atoms with Crippen LogP contribution in [0, 0.1) is 11.3 Å². The van der Waals surface area contributed by atoms with Gasteiger partial charge in [0.1, 0.15) is 22.4 Å². The van der Waals surface area contributed by atoms with Gasteiger partial charge in [0.25, 0.3) is 5.56 Å². The summed E-state index contributed by atoms with van der Waals surface area (Å²) in [5, 5.41) is 14.5. The Morgan fingerprint density at radius 1 is 1.39 bits per heavy atom. The SMILES string of the molecule is CCCCOC(=O)c1csc2ncn(CC(=O)Nc3sc4c(c3C#N)CCC4)c(=O)c12. The number of amides is 1. The molecule has 8 nitrogen and oxygen atoms in total. The number of unbranched alkanes of at least 4 members (excludes halogenated alkanes) is 1. The van der Waals surface area contributed by atoms with Crippen LogP contribution in [0.4, 0.5) is 5.00 Å². The zero-order valence-corrected chi connectivity index (χ0v) is 18.5. The van der Waals surface area contributed by atoms with Crippen molar-refractivity contribution >= 4 is 49.8 Å². The zero-order valence-electron chi connectivity index (χ0n) is 16.9. The van der Waals surface area contributed by atoms with Crippen LogP contribution in [-0.2, 0) is 28.9 Å². The molecule has 0 spiro atoms. The third-order valence-electron chi connectivity index (χ3n) is 5.11. The zero-order chi connectivity index (χ0) is 22.0. The number of carbonyl (C=O) groups is 2. The van der Waals surface area contributed by atoms with Crippen molar-refractivity contribution in [1.82, 2.24) is 9.55 Å². The van der Waals surface area contributed by atoms with Crippen molar-refractivity contribution in [3.05, 3.63) is 43.6 Å². The van der Waals surface area contributed by atoms with Crippen molar-refractivity contribution in [3.63, 3.8) is 0 Å². The lowest BCUT2D eigenvalue weighted by Crippen LogP contribution is -2.28. The van der Waals surface area contributed by atoms with Gasteiger partial charge in [-0.25, -0.2) is 9.78 Å². The number of thiophene rings is 2. The number of aryl methyl sites for hydroxylation is 1. The molecule has 1 aliphatic rings. The Labute approximate surface area is 186 Å². The van der Waals surface area contributed by atoms with E-state index in [1.54, 1.807) is 5.38 Å². The molecule has 0 saturated heterocycles. The molecule has 3 heterocycles. The second-order valence-corrected chi connectivity index (χ2v) is 9.18. The highest BCUT2D eigenvalue weighted by Crippen LogP contribution is 2.38. The number of nitriles is 1. The van der Waals surface area contributed by atoms with Crippen LogP contribution in [0.2, 0.25) is 0 Å². The molecule has 0 radical (unpaired) electrons. The van der Waals surface area contributed by atoms with Gasteiger partial charge < -0.3 is 10.1 Å². The fourth-order valence-corrected chi connectivity index (χ4v) is 5.67. The average Bonchev–Trinajstić information content (AvgIpc) is 3.44. The van der Waals surface area contributed by atoms with E-state index in [4.69, 9.17) is 4.74 Å². The molecule has 1 aliphatic carbocycles. The average molecular weight is 457 g/mol. The fourth-order valence-electron chi connectivity index (χ4n) is 3.55. The largest absolute Gasteiger partial charge is 0.462 e. The summed E-state index contributed by atoms with van der Waals surface area (Å²) in [6, 6.07) is 2.18. The van der Waals surface area contributed by atoms with Gasteiger partial charge in [-0.3, -0.25) is 14.2 Å². The lowest BCUT2D eigenvalue weighted by molar-refractivity contribution is -0.116. The van der Waals surface area contributed by atoms with Crippen molar-refractivity contribution in [2.75, 3.05) is 11.9 Å². The molecule has 160 valence electrons. The van der Waals surface area contributed by atoms with Gasteiger partial charge in [-0.1, -0.05) is 13.3 Å². The van der Waals surface area contributed by atoms with Crippen LogP contribution >= 0.6 is 22.7 Å². The molecule has 0 atom stereocenters. The van der Waals surface area contributed by atoms with E-state index in [0.717, 1.165) is 42.5 Å². The number of nitrogens with zero attached hydrogens (tertiary/aromatic N) is 3. The Kier molecular flexibility index (Phi) is 6.15. The molecule has 0 unspecified atom stereocenters. The normalized spacial score (nSPS) is 12.5. The Balaban J connectivity index is 1.55. The van der Waals surface area contributed by atoms with Gasteiger partial charge in [-0.15, -0.1) is 22.7 Å². The first kappa shape index (κ1) is 21.2. The number of ether oxygens (including phenoxy) is 1. The lowest BCUT2D eigenvalue weighted by atomic mass is 10.1. The summed E-state index contributed by atoms with van der Waals surface area (Å²) in [6.45, 7) is 2.01. The molecule has 0 saturated carbocycles. The highest BCUT2D eigenvalue weighted by molar-refractivity contribution is 7.17. The molecule has 4 rings (SSSR count). The summed E-state index contributed by atoms with van der Waals surface area (Å²) in [4.78, 5) is 43.7. The second-order valence-electron chi connectivity index (χ2n) is 7.22. The minimum absolute atomic E-state index is 0.162. The maximum atomic E-state index is 13.0. The van der Waals surface area contributed by atoms with E-state index in [0.29, 0.717) is 15.4 Å². The van der Waals surface area contributed by atoms with Gasteiger partial charge >= 0.3 is 5.97 Å². The molecule has 0 fully saturated rings. The molecule has 1 amide bonds. The molecular formula is C21H20N4O4S2. The molecule has 31 heavy (non-hydrogen) atoms. The van der Waals surface area contributed by atoms with Crippen LogP contribution < -0.4 is 10.9 Å². The summed E-state index contributed by atoms with van der Waals surface area (Å²) in [5.41, 5.74) is 1.23. The van der Waals surface area contributed by atoms with E-state index in [9.17, 15) is 19.6 Å². The predicted molar refractivity (Wildman–Crippen MR) is 119 cm³/mol.